The summed E-state index contributed by atoms with van der Waals surface area (Å²) < 4.78 is 80.9. The first kappa shape index (κ1) is 32.2. The number of halogens is 6. The van der Waals surface area contributed by atoms with E-state index in [0.717, 1.165) is 25.0 Å². The van der Waals surface area contributed by atoms with Crippen molar-refractivity contribution in [2.24, 2.45) is 5.73 Å². The van der Waals surface area contributed by atoms with Crippen LogP contribution >= 0.6 is 0 Å². The van der Waals surface area contributed by atoms with Gasteiger partial charge in [-0.2, -0.15) is 26.3 Å². The van der Waals surface area contributed by atoms with E-state index in [2.05, 4.69) is 15.3 Å². The fourth-order valence-corrected chi connectivity index (χ4v) is 4.37. The van der Waals surface area contributed by atoms with E-state index in [-0.39, 0.29) is 12.1 Å². The Morgan fingerprint density at radius 3 is 1.61 bits per heavy atom. The van der Waals surface area contributed by atoms with Crippen molar-refractivity contribution < 1.29 is 35.9 Å². The first-order valence-electron chi connectivity index (χ1n) is 13.3. The van der Waals surface area contributed by atoms with Crippen LogP contribution in [0.25, 0.3) is 0 Å². The third-order valence-electron chi connectivity index (χ3n) is 6.45. The number of carbonyl (C=O) groups is 1. The molecule has 4 rings (SSSR count). The van der Waals surface area contributed by atoms with Crippen molar-refractivity contribution in [3.63, 3.8) is 0 Å². The van der Waals surface area contributed by atoms with E-state index < -0.39 is 35.4 Å². The highest BCUT2D eigenvalue weighted by Gasteiger charge is 2.34. The van der Waals surface area contributed by atoms with Crippen LogP contribution in [-0.2, 0) is 17.1 Å². The topological polar surface area (TPSA) is 96.6 Å². The lowest BCUT2D eigenvalue weighted by molar-refractivity contribution is -0.141. The lowest BCUT2D eigenvalue weighted by Gasteiger charge is -2.33. The zero-order valence-corrected chi connectivity index (χ0v) is 23.2. The summed E-state index contributed by atoms with van der Waals surface area (Å²) >= 11 is 0. The molecule has 0 radical (unpaired) electrons. The number of alkyl halides is 6. The van der Waals surface area contributed by atoms with Crippen molar-refractivity contribution in [3.8, 4) is 0 Å². The minimum absolute atomic E-state index is 0.0538. The van der Waals surface area contributed by atoms with Crippen LogP contribution in [0, 0.1) is 0 Å². The first-order chi connectivity index (χ1) is 19.0. The molecule has 0 bridgehead atoms. The Bertz CT molecular complexity index is 1140. The molecule has 4 heterocycles. The van der Waals surface area contributed by atoms with Crippen LogP contribution in [0.1, 0.15) is 57.8 Å². The highest BCUT2D eigenvalue weighted by atomic mass is 19.4. The quantitative estimate of drug-likeness (QED) is 0.448. The summed E-state index contributed by atoms with van der Waals surface area (Å²) in [7, 11) is 0. The molecule has 0 saturated carbocycles. The standard InChI is InChI=1S/C16H22F3N3O2.C11H14F3N3/c1-15(2,3)24-14(23)20-11-7-9-22(10-8-11)13-6-4-5-12(21-13)16(17,18)19;12-11(13,14)9-2-1-3-10(16-9)17-6-4-8(15)5-7-17/h4-6,11H,7-10H2,1-3H3,(H,20,23);1-3,8H,4-7,15H2. The highest BCUT2D eigenvalue weighted by molar-refractivity contribution is 5.68. The van der Waals surface area contributed by atoms with Gasteiger partial charge in [0.25, 0.3) is 0 Å². The summed E-state index contributed by atoms with van der Waals surface area (Å²) in [6, 6.07) is 7.96. The molecule has 41 heavy (non-hydrogen) atoms. The average molecular weight is 591 g/mol. The summed E-state index contributed by atoms with van der Waals surface area (Å²) in [5.74, 6) is 0.687. The number of piperidine rings is 2. The normalized spacial score (nSPS) is 17.5. The number of ether oxygens (including phenoxy) is 1. The lowest BCUT2D eigenvalue weighted by atomic mass is 10.1. The number of pyridine rings is 2. The van der Waals surface area contributed by atoms with Crippen LogP contribution in [0.4, 0.5) is 42.8 Å². The second-order valence-corrected chi connectivity index (χ2v) is 11.0. The van der Waals surface area contributed by atoms with Crippen LogP contribution in [0.3, 0.4) is 0 Å². The molecule has 2 fully saturated rings. The smallest absolute Gasteiger partial charge is 0.433 e. The SMILES string of the molecule is CC(C)(C)OC(=O)NC1CCN(c2cccc(C(F)(F)F)n2)CC1.NC1CCN(c2cccc(C(F)(F)F)n2)CC1. The summed E-state index contributed by atoms with van der Waals surface area (Å²) in [5, 5.41) is 2.79. The Morgan fingerprint density at radius 2 is 1.22 bits per heavy atom. The number of nitrogens with zero attached hydrogens (tertiary/aromatic N) is 4. The van der Waals surface area contributed by atoms with Gasteiger partial charge in [-0.15, -0.1) is 0 Å². The molecule has 2 aliphatic heterocycles. The number of hydrogen-bond donors (Lipinski definition) is 2. The molecular formula is C27H36F6N6O2. The second-order valence-electron chi connectivity index (χ2n) is 11.0. The third-order valence-corrected chi connectivity index (χ3v) is 6.45. The second kappa shape index (κ2) is 13.1. The van der Waals surface area contributed by atoms with E-state index >= 15 is 0 Å². The predicted octanol–water partition coefficient (Wildman–Crippen LogP) is 5.62. The fraction of sp³-hybridized carbons (Fsp3) is 0.593. The molecular weight excluding hydrogens is 554 g/mol. The van der Waals surface area contributed by atoms with E-state index in [1.165, 1.54) is 12.1 Å². The maximum absolute atomic E-state index is 12.7. The first-order valence-corrected chi connectivity index (χ1v) is 13.3. The molecule has 0 unspecified atom stereocenters. The van der Waals surface area contributed by atoms with Crippen LogP contribution in [0.15, 0.2) is 36.4 Å². The molecule has 14 heteroatoms. The maximum Gasteiger partial charge on any atom is 0.433 e. The molecule has 2 saturated heterocycles. The Balaban J connectivity index is 0.000000239. The number of nitrogens with two attached hydrogens (primary N) is 1. The number of aromatic nitrogens is 2. The van der Waals surface area contributed by atoms with Gasteiger partial charge in [0.1, 0.15) is 28.6 Å². The summed E-state index contributed by atoms with van der Waals surface area (Å²) in [4.78, 5) is 22.7. The van der Waals surface area contributed by atoms with E-state index in [0.29, 0.717) is 50.7 Å². The summed E-state index contributed by atoms with van der Waals surface area (Å²) in [6.45, 7) is 7.73. The summed E-state index contributed by atoms with van der Waals surface area (Å²) in [6.07, 6.45) is -6.49. The lowest BCUT2D eigenvalue weighted by Crippen LogP contribution is -2.46. The Kier molecular flexibility index (Phi) is 10.3. The van der Waals surface area contributed by atoms with Crippen LogP contribution in [0.5, 0.6) is 0 Å². The van der Waals surface area contributed by atoms with Gasteiger partial charge in [0.05, 0.1) is 0 Å². The molecule has 0 aliphatic carbocycles. The van der Waals surface area contributed by atoms with Crippen molar-refractivity contribution in [2.45, 2.75) is 76.5 Å². The maximum atomic E-state index is 12.7. The zero-order chi connectivity index (χ0) is 30.4. The molecule has 228 valence electrons. The molecule has 2 aromatic rings. The fourth-order valence-electron chi connectivity index (χ4n) is 4.37. The van der Waals surface area contributed by atoms with Gasteiger partial charge in [0.2, 0.25) is 0 Å². The molecule has 0 atom stereocenters. The minimum atomic E-state index is -4.45. The Hall–Kier alpha value is -3.29. The largest absolute Gasteiger partial charge is 0.444 e. The van der Waals surface area contributed by atoms with Gasteiger partial charge in [-0.1, -0.05) is 12.1 Å². The van der Waals surface area contributed by atoms with Gasteiger partial charge in [-0.25, -0.2) is 14.8 Å². The van der Waals surface area contributed by atoms with Crippen molar-refractivity contribution in [1.82, 2.24) is 15.3 Å². The highest BCUT2D eigenvalue weighted by Crippen LogP contribution is 2.30. The molecule has 8 nitrogen and oxygen atoms in total. The van der Waals surface area contributed by atoms with E-state index in [1.807, 2.05) is 4.90 Å². The Morgan fingerprint density at radius 1 is 0.805 bits per heavy atom. The van der Waals surface area contributed by atoms with Gasteiger partial charge in [0.15, 0.2) is 0 Å². The van der Waals surface area contributed by atoms with Crippen LogP contribution in [0.2, 0.25) is 0 Å². The van der Waals surface area contributed by atoms with E-state index in [4.69, 9.17) is 10.5 Å². The van der Waals surface area contributed by atoms with Gasteiger partial charge in [-0.05, 0) is 70.7 Å². The molecule has 3 N–H and O–H groups in total. The van der Waals surface area contributed by atoms with Crippen molar-refractivity contribution in [1.29, 1.82) is 0 Å². The number of anilines is 2. The number of carbonyl (C=O) groups excluding carboxylic acids is 1. The molecule has 0 spiro atoms. The van der Waals surface area contributed by atoms with Gasteiger partial charge in [-0.3, -0.25) is 0 Å². The number of alkyl carbamates (subject to hydrolysis) is 1. The number of rotatable bonds is 3. The third kappa shape index (κ3) is 10.2. The monoisotopic (exact) mass is 590 g/mol. The molecule has 2 aromatic heterocycles. The van der Waals surface area contributed by atoms with Gasteiger partial charge >= 0.3 is 18.4 Å². The summed E-state index contributed by atoms with van der Waals surface area (Å²) in [5.41, 5.74) is 3.45. The zero-order valence-electron chi connectivity index (χ0n) is 23.2. The van der Waals surface area contributed by atoms with E-state index in [1.54, 1.807) is 37.8 Å². The van der Waals surface area contributed by atoms with E-state index in [9.17, 15) is 31.1 Å². The van der Waals surface area contributed by atoms with Gasteiger partial charge < -0.3 is 25.6 Å². The van der Waals surface area contributed by atoms with Crippen LogP contribution in [-0.4, -0.2) is 59.9 Å². The molecule has 2 aliphatic rings. The molecule has 1 amide bonds. The van der Waals surface area contributed by atoms with Gasteiger partial charge in [0, 0.05) is 38.3 Å². The average Bonchev–Trinajstić information content (AvgIpc) is 2.88. The van der Waals surface area contributed by atoms with Crippen molar-refractivity contribution in [2.75, 3.05) is 36.0 Å². The predicted molar refractivity (Wildman–Crippen MR) is 143 cm³/mol. The Labute approximate surface area is 235 Å². The number of amides is 1. The minimum Gasteiger partial charge on any atom is -0.444 e. The van der Waals surface area contributed by atoms with Crippen molar-refractivity contribution >= 4 is 17.7 Å². The molecule has 0 aromatic carbocycles. The number of nitrogens with one attached hydrogen (secondary N) is 1. The van der Waals surface area contributed by atoms with Crippen LogP contribution < -0.4 is 20.9 Å². The number of hydrogen-bond acceptors (Lipinski definition) is 7. The van der Waals surface area contributed by atoms with Crippen molar-refractivity contribution in [3.05, 3.63) is 47.8 Å².